The van der Waals surface area contributed by atoms with Crippen LogP contribution in [0.4, 0.5) is 70.2 Å². The Bertz CT molecular complexity index is 6160. The molecule has 144 heavy (non-hydrogen) atoms. The molecular formula is C124H140F16O4. The first kappa shape index (κ1) is 113. The van der Waals surface area contributed by atoms with E-state index in [2.05, 4.69) is 46.8 Å². The largest absolute Gasteiger partial charge is 0.490 e. The van der Waals surface area contributed by atoms with Crippen molar-refractivity contribution < 1.29 is 88.9 Å². The molecule has 4 nitrogen and oxygen atoms in total. The van der Waals surface area contributed by atoms with Gasteiger partial charge in [-0.2, -0.15) is 4.39 Å². The van der Waals surface area contributed by atoms with Crippen LogP contribution >= 0.6 is 0 Å². The molecule has 0 radical (unpaired) electrons. The van der Waals surface area contributed by atoms with Gasteiger partial charge in [-0.3, -0.25) is 0 Å². The van der Waals surface area contributed by atoms with Gasteiger partial charge in [0.2, 0.25) is 5.82 Å². The van der Waals surface area contributed by atoms with E-state index in [0.29, 0.717) is 126 Å². The Morgan fingerprint density at radius 2 is 0.569 bits per heavy atom. The zero-order valence-corrected chi connectivity index (χ0v) is 86.2. The third-order valence-corrected chi connectivity index (χ3v) is 29.2. The van der Waals surface area contributed by atoms with Gasteiger partial charge in [0.1, 0.15) is 0 Å². The summed E-state index contributed by atoms with van der Waals surface area (Å²) in [5.74, 6) is -6.10. The molecule has 0 amide bonds. The van der Waals surface area contributed by atoms with E-state index in [9.17, 15) is 70.2 Å². The van der Waals surface area contributed by atoms with Gasteiger partial charge in [0.15, 0.2) is 104 Å². The Morgan fingerprint density at radius 3 is 0.986 bits per heavy atom. The maximum absolute atomic E-state index is 14.4. The molecule has 13 aromatic rings. The molecule has 0 spiro atoms. The highest BCUT2D eigenvalue weighted by Gasteiger charge is 2.29. The monoisotopic (exact) mass is 2000 g/mol. The third-order valence-electron chi connectivity index (χ3n) is 29.2. The Kier molecular flexibility index (Phi) is 42.5. The Balaban J connectivity index is 0.000000159. The number of hydrogen-bond acceptors (Lipinski definition) is 4. The van der Waals surface area contributed by atoms with E-state index >= 15 is 0 Å². The molecule has 5 fully saturated rings. The van der Waals surface area contributed by atoms with Gasteiger partial charge in [-0.25, -0.2) is 65.9 Å². The molecule has 0 unspecified atom stereocenters. The van der Waals surface area contributed by atoms with Crippen molar-refractivity contribution in [3.63, 3.8) is 0 Å². The summed E-state index contributed by atoms with van der Waals surface area (Å²) in [6.45, 7) is 30.9. The number of ether oxygens (including phenoxy) is 3. The Labute approximate surface area is 841 Å². The van der Waals surface area contributed by atoms with Gasteiger partial charge < -0.3 is 18.6 Å². The molecule has 1 aromatic heterocycles. The van der Waals surface area contributed by atoms with Crippen molar-refractivity contribution >= 4 is 21.9 Å². The lowest BCUT2D eigenvalue weighted by Gasteiger charge is -2.27. The fraction of sp³-hybridized carbons (Fsp3) is 0.419. The molecule has 20 heteroatoms. The normalized spacial score (nSPS) is 19.2. The lowest BCUT2D eigenvalue weighted by molar-refractivity contribution is 0.00527. The topological polar surface area (TPSA) is 40.8 Å². The summed E-state index contributed by atoms with van der Waals surface area (Å²) in [5, 5.41) is 1.23. The van der Waals surface area contributed by atoms with Crippen LogP contribution in [0.25, 0.3) is 55.3 Å². The second kappa shape index (κ2) is 53.9. The summed E-state index contributed by atoms with van der Waals surface area (Å²) >= 11 is 0. The van der Waals surface area contributed by atoms with Crippen LogP contribution in [0.15, 0.2) is 186 Å². The second-order valence-corrected chi connectivity index (χ2v) is 40.7. The summed E-state index contributed by atoms with van der Waals surface area (Å²) in [6, 6.07) is 52.5. The van der Waals surface area contributed by atoms with E-state index in [1.54, 1.807) is 183 Å². The van der Waals surface area contributed by atoms with Crippen molar-refractivity contribution in [1.82, 2.24) is 0 Å². The van der Waals surface area contributed by atoms with E-state index in [1.165, 1.54) is 50.2 Å². The number of halogens is 16. The standard InChI is InChI=1S/C22H32F2O2.C20H16F2.C20H22F2.C15H20F2O.C14H10F2O.C14H18F2.C10H12F2.C9H10F2/c1-15-3-9-19(10-4-15)25-13-17-7-8-18(22(24)21(17)23)14-26-20-11-5-16(2)6-12-20;1-13-3-7-15(8-4-13)17-11-12-18(20(22)19(17)21)16-9-5-14(2)6-10-16;1-13-3-6-15(7-4-13)16-8-10-17(11-9-16)18-12-5-14(2)19(21)20(18)22;1-10-3-6-12(7-4-10)9-18-13-8-5-11(2)14(16)15(13)17;1-7-3-5-9-10-6-4-8(2)12(16)14(10)17-13(9)11(7)15;1-9-3-6-11(7-4-9)12-8-5-10(2)13(15)14(12)16;1-3-4-8-6-5-7(2)9(11)10(8)12;1-3-7-5-4-6(2)8(10)9(7)11/h7-8,15-16,19-20H,3-6,9-14H2,1-2H3;3-12H,1-2H3;5,8-13,15H,3-4,6-7H2,1-2H3;5,8,10,12H,3-4,6-7,9H2,1-2H3;3-6H,1-2H3;5,8-9,11H,3-4,6-7H2,1-2H3;5-6H,3-4H2,1-2H3;4-5H,3H2,1-2H3. The van der Waals surface area contributed by atoms with Gasteiger partial charge in [-0.15, -0.1) is 0 Å². The van der Waals surface area contributed by atoms with Crippen molar-refractivity contribution in [3.8, 4) is 39.1 Å². The molecule has 5 saturated carbocycles. The van der Waals surface area contributed by atoms with Crippen molar-refractivity contribution in [2.75, 3.05) is 6.61 Å². The Morgan fingerprint density at radius 1 is 0.264 bits per heavy atom. The van der Waals surface area contributed by atoms with Gasteiger partial charge in [-0.05, 0) is 296 Å². The van der Waals surface area contributed by atoms with Crippen LogP contribution in [0.2, 0.25) is 0 Å². The summed E-state index contributed by atoms with van der Waals surface area (Å²) in [7, 11) is 0. The number of benzene rings is 12. The van der Waals surface area contributed by atoms with Gasteiger partial charge in [0.25, 0.3) is 0 Å². The highest BCUT2D eigenvalue weighted by Crippen LogP contribution is 2.42. The smallest absolute Gasteiger partial charge is 0.200 e. The molecule has 1 heterocycles. The van der Waals surface area contributed by atoms with Crippen LogP contribution < -0.4 is 4.74 Å². The van der Waals surface area contributed by atoms with Gasteiger partial charge >= 0.3 is 0 Å². The van der Waals surface area contributed by atoms with E-state index in [4.69, 9.17) is 18.6 Å². The first-order valence-corrected chi connectivity index (χ1v) is 51.2. The molecular weight excluding hydrogens is 1860 g/mol. The van der Waals surface area contributed by atoms with Crippen LogP contribution in [-0.4, -0.2) is 18.8 Å². The van der Waals surface area contributed by atoms with Gasteiger partial charge in [0, 0.05) is 38.6 Å². The minimum Gasteiger partial charge on any atom is -0.490 e. The zero-order valence-electron chi connectivity index (χ0n) is 86.2. The number of hydrogen-bond donors (Lipinski definition) is 0. The summed E-state index contributed by atoms with van der Waals surface area (Å²) in [5.41, 5.74) is 11.6. The fourth-order valence-electron chi connectivity index (χ4n) is 19.1. The first-order valence-electron chi connectivity index (χ1n) is 51.2. The SMILES string of the molecule is CC1CCC(OCc2ccc(COC3CCC(C)CC3)c(F)c2F)CC1.CCCc1ccc(C)c(F)c1F.CCc1ccc(C)c(F)c1F.Cc1ccc(-c2ccc(-c3ccc(C)cc3)c(F)c2F)cc1.Cc1ccc(-c2ccc(C3CCC(C)CC3)cc2)c(F)c1F.Cc1ccc(C2CCC(C)CC2)c(F)c1F.Cc1ccc(OCC2CCC(C)CC2)c(F)c1F.Cc1ccc2c(oc3c(F)c(C)ccc32)c1F. The van der Waals surface area contributed by atoms with Crippen LogP contribution in [0, 0.1) is 191 Å². The lowest BCUT2D eigenvalue weighted by Crippen LogP contribution is -2.21. The molecule has 772 valence electrons. The Hall–Kier alpha value is -11.0. The van der Waals surface area contributed by atoms with Gasteiger partial charge in [-0.1, -0.05) is 280 Å². The average molecular weight is 2000 g/mol. The average Bonchev–Trinajstić information content (AvgIpc) is 1.61. The fourth-order valence-corrected chi connectivity index (χ4v) is 19.1. The van der Waals surface area contributed by atoms with Crippen LogP contribution in [0.3, 0.4) is 0 Å². The predicted molar refractivity (Wildman–Crippen MR) is 550 cm³/mol. The molecule has 0 saturated heterocycles. The third kappa shape index (κ3) is 30.4. The van der Waals surface area contributed by atoms with Crippen LogP contribution in [-0.2, 0) is 35.5 Å². The molecule has 12 aromatic carbocycles. The van der Waals surface area contributed by atoms with Crippen molar-refractivity contribution in [2.24, 2.45) is 35.5 Å². The number of aryl methyl sites for hydroxylation is 11. The summed E-state index contributed by atoms with van der Waals surface area (Å²) < 4.78 is 241. The predicted octanol–water partition coefficient (Wildman–Crippen LogP) is 37.9. The molecule has 0 aliphatic heterocycles. The zero-order chi connectivity index (χ0) is 104. The van der Waals surface area contributed by atoms with Crippen molar-refractivity contribution in [1.29, 1.82) is 0 Å². The molecule has 5 aliphatic carbocycles. The van der Waals surface area contributed by atoms with Gasteiger partial charge in [0.05, 0.1) is 32.0 Å². The summed E-state index contributed by atoms with van der Waals surface area (Å²) in [6.07, 6.45) is 24.9. The highest BCUT2D eigenvalue weighted by molar-refractivity contribution is 6.05. The molecule has 0 atom stereocenters. The minimum atomic E-state index is -0.862. The molecule has 18 rings (SSSR count). The van der Waals surface area contributed by atoms with E-state index in [1.807, 2.05) is 57.2 Å². The maximum atomic E-state index is 14.4. The first-order chi connectivity index (χ1) is 68.7. The van der Waals surface area contributed by atoms with E-state index in [0.717, 1.165) is 143 Å². The maximum Gasteiger partial charge on any atom is 0.200 e. The van der Waals surface area contributed by atoms with Crippen molar-refractivity contribution in [3.05, 3.63) is 359 Å². The number of fused-ring (bicyclic) bond motifs is 3. The molecule has 5 aliphatic rings. The van der Waals surface area contributed by atoms with Crippen molar-refractivity contribution in [2.45, 2.75) is 296 Å². The lowest BCUT2D eigenvalue weighted by atomic mass is 9.79. The quantitative estimate of drug-likeness (QED) is 0.0852. The molecule has 0 bridgehead atoms. The highest BCUT2D eigenvalue weighted by atomic mass is 19.2. The minimum absolute atomic E-state index is 0.0386. The van der Waals surface area contributed by atoms with Crippen LogP contribution in [0.1, 0.15) is 279 Å². The molecule has 0 N–H and O–H groups in total. The van der Waals surface area contributed by atoms with E-state index in [-0.39, 0.29) is 59.4 Å². The second-order valence-electron chi connectivity index (χ2n) is 40.7. The van der Waals surface area contributed by atoms with E-state index < -0.39 is 93.1 Å². The van der Waals surface area contributed by atoms with Crippen LogP contribution in [0.5, 0.6) is 5.75 Å². The number of furan rings is 1. The number of rotatable bonds is 17. The summed E-state index contributed by atoms with van der Waals surface area (Å²) in [4.78, 5) is 0.